The summed E-state index contributed by atoms with van der Waals surface area (Å²) in [5.41, 5.74) is 7.80. The number of amides is 1. The Bertz CT molecular complexity index is 657. The summed E-state index contributed by atoms with van der Waals surface area (Å²) < 4.78 is 5.49. The number of nitrogen functional groups attached to an aromatic ring is 1. The van der Waals surface area contributed by atoms with E-state index >= 15 is 0 Å². The van der Waals surface area contributed by atoms with Gasteiger partial charge in [0.1, 0.15) is 17.9 Å². The third-order valence-corrected chi connectivity index (χ3v) is 2.89. The number of anilines is 2. The normalized spacial score (nSPS) is 17.3. The fourth-order valence-corrected chi connectivity index (χ4v) is 1.90. The Morgan fingerprint density at radius 2 is 2.16 bits per heavy atom. The van der Waals surface area contributed by atoms with Crippen molar-refractivity contribution in [3.63, 3.8) is 0 Å². The number of fused-ring (bicyclic) bond motifs is 1. The highest BCUT2D eigenvalue weighted by Crippen LogP contribution is 2.33. The molecule has 6 nitrogen and oxygen atoms in total. The van der Waals surface area contributed by atoms with Crippen LogP contribution in [0.1, 0.15) is 6.92 Å². The van der Waals surface area contributed by atoms with Crippen molar-refractivity contribution in [2.24, 2.45) is 0 Å². The van der Waals surface area contributed by atoms with Gasteiger partial charge in [-0.1, -0.05) is 0 Å². The van der Waals surface area contributed by atoms with E-state index in [1.54, 1.807) is 25.1 Å². The number of hydrogen-bond donors (Lipinski definition) is 2. The van der Waals surface area contributed by atoms with Crippen molar-refractivity contribution in [3.8, 4) is 17.0 Å². The third kappa shape index (κ3) is 2.08. The molecule has 2 aromatic rings. The summed E-state index contributed by atoms with van der Waals surface area (Å²) in [7, 11) is 0. The molecule has 3 rings (SSSR count). The van der Waals surface area contributed by atoms with Crippen LogP contribution in [0.4, 0.5) is 11.5 Å². The molecular formula is C13H12N4O2. The molecule has 6 heteroatoms. The zero-order valence-corrected chi connectivity index (χ0v) is 10.3. The van der Waals surface area contributed by atoms with Crippen molar-refractivity contribution in [2.45, 2.75) is 13.0 Å². The largest absolute Gasteiger partial charge is 0.479 e. The van der Waals surface area contributed by atoms with Crippen LogP contribution in [0.15, 0.2) is 30.6 Å². The maximum Gasteiger partial charge on any atom is 0.265 e. The molecule has 0 radical (unpaired) electrons. The molecule has 0 aliphatic carbocycles. The summed E-state index contributed by atoms with van der Waals surface area (Å²) >= 11 is 0. The van der Waals surface area contributed by atoms with Crippen LogP contribution in [-0.4, -0.2) is 22.0 Å². The van der Waals surface area contributed by atoms with Gasteiger partial charge in [0.05, 0.1) is 11.4 Å². The van der Waals surface area contributed by atoms with Gasteiger partial charge in [-0.2, -0.15) is 0 Å². The predicted octanol–water partition coefficient (Wildman–Crippen LogP) is 1.45. The quantitative estimate of drug-likeness (QED) is 0.805. The minimum atomic E-state index is -0.479. The topological polar surface area (TPSA) is 90.1 Å². The van der Waals surface area contributed by atoms with Crippen LogP contribution in [0.2, 0.25) is 0 Å². The molecule has 19 heavy (non-hydrogen) atoms. The molecule has 1 aromatic carbocycles. The number of carbonyl (C=O) groups is 1. The average Bonchev–Trinajstić information content (AvgIpc) is 2.39. The molecule has 2 heterocycles. The van der Waals surface area contributed by atoms with E-state index in [0.717, 1.165) is 5.56 Å². The van der Waals surface area contributed by atoms with Crippen LogP contribution in [0.5, 0.6) is 5.75 Å². The molecule has 96 valence electrons. The lowest BCUT2D eigenvalue weighted by molar-refractivity contribution is -0.122. The average molecular weight is 256 g/mol. The summed E-state index contributed by atoms with van der Waals surface area (Å²) in [6.45, 7) is 1.71. The van der Waals surface area contributed by atoms with E-state index in [1.807, 2.05) is 6.07 Å². The number of nitrogens with two attached hydrogens (primary N) is 1. The highest BCUT2D eigenvalue weighted by molar-refractivity contribution is 5.98. The van der Waals surface area contributed by atoms with Crippen molar-refractivity contribution in [1.82, 2.24) is 9.97 Å². The fourth-order valence-electron chi connectivity index (χ4n) is 1.90. The number of ether oxygens (including phenoxy) is 1. The van der Waals surface area contributed by atoms with E-state index in [0.29, 0.717) is 22.9 Å². The van der Waals surface area contributed by atoms with E-state index < -0.39 is 6.10 Å². The monoisotopic (exact) mass is 256 g/mol. The van der Waals surface area contributed by atoms with Crippen LogP contribution in [0.3, 0.4) is 0 Å². The molecule has 0 spiro atoms. The van der Waals surface area contributed by atoms with Crippen LogP contribution in [0, 0.1) is 0 Å². The molecule has 0 fully saturated rings. The summed E-state index contributed by atoms with van der Waals surface area (Å²) in [5.74, 6) is 0.890. The van der Waals surface area contributed by atoms with E-state index in [2.05, 4.69) is 15.3 Å². The predicted molar refractivity (Wildman–Crippen MR) is 70.6 cm³/mol. The number of nitrogens with zero attached hydrogens (tertiary/aromatic N) is 2. The van der Waals surface area contributed by atoms with E-state index in [1.165, 1.54) is 6.33 Å². The lowest BCUT2D eigenvalue weighted by Gasteiger charge is -2.23. The molecule has 1 amide bonds. The SMILES string of the molecule is CC1Oc2ccc(-c3cc(N)ncn3)cc2NC1=O. The maximum absolute atomic E-state index is 11.6. The Hall–Kier alpha value is -2.63. The van der Waals surface area contributed by atoms with Gasteiger partial charge in [0, 0.05) is 11.6 Å². The van der Waals surface area contributed by atoms with Crippen molar-refractivity contribution in [3.05, 3.63) is 30.6 Å². The van der Waals surface area contributed by atoms with E-state index in [4.69, 9.17) is 10.5 Å². The Kier molecular flexibility index (Phi) is 2.56. The van der Waals surface area contributed by atoms with Crippen LogP contribution in [0.25, 0.3) is 11.3 Å². The van der Waals surface area contributed by atoms with E-state index in [-0.39, 0.29) is 5.91 Å². The molecular weight excluding hydrogens is 244 g/mol. The number of aromatic nitrogens is 2. The molecule has 1 aromatic heterocycles. The smallest absolute Gasteiger partial charge is 0.265 e. The van der Waals surface area contributed by atoms with Crippen LogP contribution < -0.4 is 15.8 Å². The van der Waals surface area contributed by atoms with Gasteiger partial charge in [0.2, 0.25) is 0 Å². The second-order valence-electron chi connectivity index (χ2n) is 4.29. The molecule has 3 N–H and O–H groups in total. The lowest BCUT2D eigenvalue weighted by Crippen LogP contribution is -2.34. The van der Waals surface area contributed by atoms with Gasteiger partial charge in [0.25, 0.3) is 5.91 Å². The van der Waals surface area contributed by atoms with Crippen molar-refractivity contribution >= 4 is 17.4 Å². The number of rotatable bonds is 1. The first kappa shape index (κ1) is 11.5. The number of benzene rings is 1. The van der Waals surface area contributed by atoms with Gasteiger partial charge in [-0.3, -0.25) is 4.79 Å². The first-order valence-electron chi connectivity index (χ1n) is 5.83. The standard InChI is InChI=1S/C13H12N4O2/c1-7-13(18)17-10-4-8(2-3-11(10)19-7)9-5-12(14)16-6-15-9/h2-7H,1H3,(H,17,18)(H2,14,15,16). The summed E-state index contributed by atoms with van der Waals surface area (Å²) in [6, 6.07) is 7.15. The second-order valence-corrected chi connectivity index (χ2v) is 4.29. The van der Waals surface area contributed by atoms with Crippen molar-refractivity contribution < 1.29 is 9.53 Å². The third-order valence-electron chi connectivity index (χ3n) is 2.89. The van der Waals surface area contributed by atoms with Gasteiger partial charge in [-0.25, -0.2) is 9.97 Å². The van der Waals surface area contributed by atoms with Crippen molar-refractivity contribution in [1.29, 1.82) is 0 Å². The molecule has 1 atom stereocenters. The first-order chi connectivity index (χ1) is 9.13. The first-order valence-corrected chi connectivity index (χ1v) is 5.83. The van der Waals surface area contributed by atoms with Crippen LogP contribution >= 0.6 is 0 Å². The minimum absolute atomic E-state index is 0.160. The van der Waals surface area contributed by atoms with Gasteiger partial charge in [0.15, 0.2) is 6.10 Å². The lowest BCUT2D eigenvalue weighted by atomic mass is 10.1. The summed E-state index contributed by atoms with van der Waals surface area (Å²) in [4.78, 5) is 19.6. The maximum atomic E-state index is 11.6. The molecule has 1 aliphatic rings. The highest BCUT2D eigenvalue weighted by Gasteiger charge is 2.23. The van der Waals surface area contributed by atoms with E-state index in [9.17, 15) is 4.79 Å². The second kappa shape index (κ2) is 4.24. The van der Waals surface area contributed by atoms with Crippen LogP contribution in [-0.2, 0) is 4.79 Å². The molecule has 0 bridgehead atoms. The number of nitrogens with one attached hydrogen (secondary N) is 1. The highest BCUT2D eigenvalue weighted by atomic mass is 16.5. The Morgan fingerprint density at radius 3 is 2.95 bits per heavy atom. The molecule has 1 aliphatic heterocycles. The number of hydrogen-bond acceptors (Lipinski definition) is 5. The Labute approximate surface area is 109 Å². The Balaban J connectivity index is 2.02. The molecule has 0 saturated carbocycles. The summed E-state index contributed by atoms with van der Waals surface area (Å²) in [6.07, 6.45) is 0.925. The van der Waals surface area contributed by atoms with Gasteiger partial charge in [-0.05, 0) is 25.1 Å². The zero-order chi connectivity index (χ0) is 13.4. The summed E-state index contributed by atoms with van der Waals surface area (Å²) in [5, 5.41) is 2.80. The molecule has 0 saturated heterocycles. The fraction of sp³-hybridized carbons (Fsp3) is 0.154. The van der Waals surface area contributed by atoms with Gasteiger partial charge in [-0.15, -0.1) is 0 Å². The van der Waals surface area contributed by atoms with Crippen molar-refractivity contribution in [2.75, 3.05) is 11.1 Å². The zero-order valence-electron chi connectivity index (χ0n) is 10.3. The Morgan fingerprint density at radius 1 is 1.32 bits per heavy atom. The molecule has 1 unspecified atom stereocenters. The van der Waals surface area contributed by atoms with Gasteiger partial charge < -0.3 is 15.8 Å². The minimum Gasteiger partial charge on any atom is -0.479 e. The van der Waals surface area contributed by atoms with Gasteiger partial charge >= 0.3 is 0 Å². The number of carbonyl (C=O) groups excluding carboxylic acids is 1.